The Morgan fingerprint density at radius 1 is 0.897 bits per heavy atom. The number of H-pyrrole nitrogens is 1. The van der Waals surface area contributed by atoms with Gasteiger partial charge in [0, 0.05) is 122 Å². The molecular weight excluding hydrogens is 904 g/mol. The Bertz CT molecular complexity index is 3080. The number of nitrogens with zero attached hydrogens (tertiary/aromatic N) is 5. The summed E-state index contributed by atoms with van der Waals surface area (Å²) in [6, 6.07) is 15.7. The second-order valence-electron chi connectivity index (χ2n) is 19.3. The molecule has 6 N–H and O–H groups in total. The van der Waals surface area contributed by atoms with Gasteiger partial charge in [-0.2, -0.15) is 12.7 Å². The number of hydrogen-bond donors (Lipinski definition) is 5. The van der Waals surface area contributed by atoms with Crippen LogP contribution in [0.5, 0.6) is 0 Å². The van der Waals surface area contributed by atoms with Crippen molar-refractivity contribution in [2.24, 2.45) is 10.6 Å². The van der Waals surface area contributed by atoms with Crippen molar-refractivity contribution in [3.8, 4) is 11.1 Å². The molecule has 8 heterocycles. The zero-order valence-corrected chi connectivity index (χ0v) is 37.6. The van der Waals surface area contributed by atoms with Crippen LogP contribution in [0.15, 0.2) is 73.1 Å². The Morgan fingerprint density at radius 3 is 2.40 bits per heavy atom. The highest BCUT2D eigenvalue weighted by Crippen LogP contribution is 2.51. The van der Waals surface area contributed by atoms with Gasteiger partial charge in [-0.1, -0.05) is 18.2 Å². The number of benzene rings is 3. The van der Waals surface area contributed by atoms with Crippen LogP contribution < -0.4 is 25.6 Å². The number of anilines is 2. The van der Waals surface area contributed by atoms with Crippen LogP contribution in [0.3, 0.4) is 0 Å². The van der Waals surface area contributed by atoms with Crippen LogP contribution in [-0.2, 0) is 32.0 Å². The third-order valence-corrected chi connectivity index (χ3v) is 16.3. The largest absolute Gasteiger partial charge is 0.390 e. The average Bonchev–Trinajstić information content (AvgIpc) is 4.00. The van der Waals surface area contributed by atoms with Gasteiger partial charge in [0.2, 0.25) is 11.8 Å². The van der Waals surface area contributed by atoms with E-state index < -0.39 is 74.9 Å². The molecule has 6 aliphatic rings. The number of aliphatic hydroxyl groups is 1. The number of ketones is 1. The molecule has 2 aromatic heterocycles. The second kappa shape index (κ2) is 15.9. The molecule has 5 aromatic rings. The molecule has 6 aliphatic heterocycles. The van der Waals surface area contributed by atoms with E-state index in [1.807, 2.05) is 36.4 Å². The van der Waals surface area contributed by atoms with Crippen LogP contribution >= 0.6 is 0 Å². The first kappa shape index (κ1) is 44.3. The van der Waals surface area contributed by atoms with Crippen molar-refractivity contribution in [2.45, 2.75) is 68.4 Å². The fourth-order valence-corrected chi connectivity index (χ4v) is 12.2. The van der Waals surface area contributed by atoms with Crippen LogP contribution in [0.25, 0.3) is 22.2 Å². The predicted molar refractivity (Wildman–Crippen MR) is 243 cm³/mol. The van der Waals surface area contributed by atoms with Crippen molar-refractivity contribution in [2.75, 3.05) is 55.6 Å². The number of halogens is 3. The highest BCUT2D eigenvalue weighted by Gasteiger charge is 2.58. The first-order valence-electron chi connectivity index (χ1n) is 22.7. The molecule has 3 atom stereocenters. The smallest absolute Gasteiger partial charge is 0.277 e. The Kier molecular flexibility index (Phi) is 10.4. The van der Waals surface area contributed by atoms with E-state index in [2.05, 4.69) is 30.4 Å². The summed E-state index contributed by atoms with van der Waals surface area (Å²) < 4.78 is 71.9. The molecule has 5 fully saturated rings. The minimum Gasteiger partial charge on any atom is -0.390 e. The molecule has 11 rings (SSSR count). The van der Waals surface area contributed by atoms with Gasteiger partial charge in [0.1, 0.15) is 23.3 Å². The van der Waals surface area contributed by atoms with Crippen LogP contribution in [-0.4, -0.2) is 120 Å². The van der Waals surface area contributed by atoms with Gasteiger partial charge < -0.3 is 30.1 Å². The number of hydrogen-bond acceptors (Lipinski definition) is 11. The lowest BCUT2D eigenvalue weighted by molar-refractivity contribution is -0.136. The molecule has 0 bridgehead atoms. The molecular formula is C48H48F3N9O7S. The fourth-order valence-electron chi connectivity index (χ4n) is 11.4. The number of piperidine rings is 2. The second-order valence-corrected chi connectivity index (χ2v) is 20.8. The van der Waals surface area contributed by atoms with Gasteiger partial charge >= 0.3 is 0 Å². The number of aromatic nitrogens is 2. The number of carbonyl (C=O) groups excluding carboxylic acids is 4. The summed E-state index contributed by atoms with van der Waals surface area (Å²) in [5.74, 6) is -4.35. The molecule has 3 amide bonds. The van der Waals surface area contributed by atoms with E-state index in [0.717, 1.165) is 41.7 Å². The fraction of sp³-hybridized carbons (Fsp3) is 0.396. The standard InChI is InChI=1S/C48H48F3N9O7S/c49-35-19-36(50)34(48(51)12-16-58(26-48)68(52,66)67)18-32(35)42(62)33-21-55-43-41(33)31(9-13-54-43)30-3-1-2-4-37(30)60-25-46(23-53-24-46)39(60)20-47(65)10-14-57(15-11-47)28-5-6-29-27(17-28)22-59(45(29)64)38-7-8-40(61)56-44(38)63/h1-6,9,13,17-19,21,38-39,53,65H,7-8,10-12,14-16,20,22-26H2,(H,54,55)(H2,52,66,67)(H,56,61,63). The van der Waals surface area contributed by atoms with Gasteiger partial charge in [0.15, 0.2) is 11.5 Å². The summed E-state index contributed by atoms with van der Waals surface area (Å²) in [6.07, 6.45) is 4.48. The van der Waals surface area contributed by atoms with Crippen molar-refractivity contribution < 1.29 is 45.9 Å². The summed E-state index contributed by atoms with van der Waals surface area (Å²) >= 11 is 0. The number of amides is 3. The molecule has 0 saturated carbocycles. The van der Waals surface area contributed by atoms with Crippen LogP contribution in [0, 0.1) is 17.0 Å². The zero-order chi connectivity index (χ0) is 47.5. The van der Waals surface area contributed by atoms with E-state index in [-0.39, 0.29) is 54.8 Å². The molecule has 0 radical (unpaired) electrons. The van der Waals surface area contributed by atoms with Gasteiger partial charge in [0.05, 0.1) is 23.3 Å². The summed E-state index contributed by atoms with van der Waals surface area (Å²) in [5, 5.41) is 23.7. The summed E-state index contributed by atoms with van der Waals surface area (Å²) in [7, 11) is -4.29. The maximum Gasteiger partial charge on any atom is 0.277 e. The zero-order valence-electron chi connectivity index (χ0n) is 36.7. The monoisotopic (exact) mass is 951 g/mol. The summed E-state index contributed by atoms with van der Waals surface area (Å²) in [5.41, 5.74) is -0.0444. The number of aromatic amines is 1. The number of nitrogens with two attached hydrogens (primary N) is 1. The van der Waals surface area contributed by atoms with Crippen molar-refractivity contribution in [1.82, 2.24) is 29.8 Å². The third-order valence-electron chi connectivity index (χ3n) is 15.3. The molecule has 5 saturated heterocycles. The number of rotatable bonds is 10. The Labute approximate surface area is 388 Å². The van der Waals surface area contributed by atoms with Crippen LogP contribution in [0.4, 0.5) is 24.5 Å². The quantitative estimate of drug-likeness (QED) is 0.100. The normalized spacial score (nSPS) is 24.6. The van der Waals surface area contributed by atoms with Gasteiger partial charge in [-0.15, -0.1) is 0 Å². The van der Waals surface area contributed by atoms with Gasteiger partial charge in [0.25, 0.3) is 16.1 Å². The number of nitrogens with one attached hydrogen (secondary N) is 3. The van der Waals surface area contributed by atoms with Crippen molar-refractivity contribution >= 4 is 56.1 Å². The molecule has 20 heteroatoms. The van der Waals surface area contributed by atoms with Gasteiger partial charge in [-0.25, -0.2) is 23.3 Å². The van der Waals surface area contributed by atoms with E-state index in [1.165, 1.54) is 11.1 Å². The van der Waals surface area contributed by atoms with Gasteiger partial charge in [-0.05, 0) is 73.2 Å². The number of para-hydroxylation sites is 1. The number of pyridine rings is 1. The third kappa shape index (κ3) is 7.26. The average molecular weight is 952 g/mol. The van der Waals surface area contributed by atoms with E-state index in [1.54, 1.807) is 18.3 Å². The summed E-state index contributed by atoms with van der Waals surface area (Å²) in [6.45, 7) is 2.58. The molecule has 68 heavy (non-hydrogen) atoms. The van der Waals surface area contributed by atoms with E-state index in [9.17, 15) is 32.7 Å². The minimum absolute atomic E-state index is 0.0161. The minimum atomic E-state index is -4.29. The Hall–Kier alpha value is -6.19. The van der Waals surface area contributed by atoms with Crippen molar-refractivity contribution in [1.29, 1.82) is 0 Å². The van der Waals surface area contributed by atoms with Gasteiger partial charge in [-0.3, -0.25) is 24.5 Å². The molecule has 3 unspecified atom stereocenters. The SMILES string of the molecule is NS(=O)(=O)N1CCC(F)(c2cc(C(=O)c3c[nH]c4nccc(-c5ccccc5N5CC6(CNC6)C5CC5(O)CCN(c6ccc7c(c6)CN(C6CCC(=O)NC6=O)C7=O)CC5)c34)c(F)cc2F)C1. The predicted octanol–water partition coefficient (Wildman–Crippen LogP) is 3.77. The van der Waals surface area contributed by atoms with Crippen molar-refractivity contribution in [3.05, 3.63) is 113 Å². The maximum absolute atomic E-state index is 16.3. The molecule has 16 nitrogen and oxygen atoms in total. The van der Waals surface area contributed by atoms with Crippen LogP contribution in [0.1, 0.15) is 75.9 Å². The van der Waals surface area contributed by atoms with E-state index in [0.29, 0.717) is 71.4 Å². The first-order chi connectivity index (χ1) is 32.4. The topological polar surface area (TPSA) is 214 Å². The molecule has 1 spiro atoms. The Morgan fingerprint density at radius 2 is 1.68 bits per heavy atom. The number of carbonyl (C=O) groups is 4. The number of fused-ring (bicyclic) bond motifs is 2. The lowest BCUT2D eigenvalue weighted by Crippen LogP contribution is -2.78. The van der Waals surface area contributed by atoms with Crippen LogP contribution in [0.2, 0.25) is 0 Å². The first-order valence-corrected chi connectivity index (χ1v) is 24.2. The molecule has 3 aromatic carbocycles. The van der Waals surface area contributed by atoms with E-state index in [4.69, 9.17) is 5.14 Å². The highest BCUT2D eigenvalue weighted by atomic mass is 32.2. The lowest BCUT2D eigenvalue weighted by Gasteiger charge is -2.65. The highest BCUT2D eigenvalue weighted by molar-refractivity contribution is 7.86. The van der Waals surface area contributed by atoms with E-state index >= 15 is 13.2 Å². The maximum atomic E-state index is 16.3. The molecule has 354 valence electrons. The number of imide groups is 1. The number of alkyl halides is 1. The van der Waals surface area contributed by atoms with Crippen molar-refractivity contribution in [3.63, 3.8) is 0 Å². The summed E-state index contributed by atoms with van der Waals surface area (Å²) in [4.78, 5) is 65.6. The molecule has 0 aliphatic carbocycles. The lowest BCUT2D eigenvalue weighted by atomic mass is 9.62. The Balaban J connectivity index is 0.839.